The molecule has 0 spiro atoms. The molecule has 1 saturated heterocycles. The first-order valence-corrected chi connectivity index (χ1v) is 6.83. The van der Waals surface area contributed by atoms with Gasteiger partial charge in [-0.2, -0.15) is 0 Å². The summed E-state index contributed by atoms with van der Waals surface area (Å²) in [6, 6.07) is 8.32. The van der Waals surface area contributed by atoms with Crippen LogP contribution in [0.2, 0.25) is 0 Å². The number of hydrogen-bond acceptors (Lipinski definition) is 3. The van der Waals surface area contributed by atoms with Gasteiger partial charge in [0.2, 0.25) is 0 Å². The fourth-order valence-electron chi connectivity index (χ4n) is 2.29. The highest BCUT2D eigenvalue weighted by molar-refractivity contribution is 5.27. The maximum absolute atomic E-state index is 5.88. The molecule has 1 aromatic rings. The van der Waals surface area contributed by atoms with E-state index in [1.807, 2.05) is 19.2 Å². The van der Waals surface area contributed by atoms with Crippen LogP contribution in [0.25, 0.3) is 0 Å². The van der Waals surface area contributed by atoms with Crippen LogP contribution in [0.3, 0.4) is 0 Å². The van der Waals surface area contributed by atoms with Crippen LogP contribution in [0.15, 0.2) is 24.3 Å². The zero-order chi connectivity index (χ0) is 12.8. The minimum absolute atomic E-state index is 0.245. The predicted octanol–water partition coefficient (Wildman–Crippen LogP) is 2.39. The van der Waals surface area contributed by atoms with Crippen molar-refractivity contribution in [2.24, 2.45) is 0 Å². The second-order valence-electron chi connectivity index (χ2n) is 4.82. The SMILES string of the molecule is CCc1ccc(OCC2CCC(CNC)O2)cc1. The Morgan fingerprint density at radius 3 is 2.61 bits per heavy atom. The Balaban J connectivity index is 1.74. The molecule has 18 heavy (non-hydrogen) atoms. The maximum Gasteiger partial charge on any atom is 0.119 e. The molecule has 1 N–H and O–H groups in total. The quantitative estimate of drug-likeness (QED) is 0.839. The van der Waals surface area contributed by atoms with Crippen LogP contribution in [0.4, 0.5) is 0 Å². The molecule has 2 unspecified atom stereocenters. The number of rotatable bonds is 6. The number of aryl methyl sites for hydroxylation is 1. The number of benzene rings is 1. The largest absolute Gasteiger partial charge is 0.491 e. The van der Waals surface area contributed by atoms with Gasteiger partial charge in [-0.1, -0.05) is 19.1 Å². The van der Waals surface area contributed by atoms with E-state index in [0.29, 0.717) is 12.7 Å². The van der Waals surface area contributed by atoms with E-state index in [9.17, 15) is 0 Å². The van der Waals surface area contributed by atoms with Gasteiger partial charge in [0.15, 0.2) is 0 Å². The van der Waals surface area contributed by atoms with E-state index >= 15 is 0 Å². The molecule has 1 heterocycles. The van der Waals surface area contributed by atoms with Gasteiger partial charge in [0.1, 0.15) is 12.4 Å². The average molecular weight is 249 g/mol. The number of ether oxygens (including phenoxy) is 2. The minimum atomic E-state index is 0.245. The van der Waals surface area contributed by atoms with Crippen molar-refractivity contribution in [3.05, 3.63) is 29.8 Å². The van der Waals surface area contributed by atoms with Crippen molar-refractivity contribution in [2.75, 3.05) is 20.2 Å². The van der Waals surface area contributed by atoms with Gasteiger partial charge in [0, 0.05) is 6.54 Å². The standard InChI is InChI=1S/C15H23NO2/c1-3-12-4-6-13(7-5-12)17-11-15-9-8-14(18-15)10-16-2/h4-7,14-16H,3,8-11H2,1-2H3. The summed E-state index contributed by atoms with van der Waals surface area (Å²) < 4.78 is 11.7. The highest BCUT2D eigenvalue weighted by atomic mass is 16.5. The second kappa shape index (κ2) is 6.76. The lowest BCUT2D eigenvalue weighted by Crippen LogP contribution is -2.25. The average Bonchev–Trinajstić information content (AvgIpc) is 2.85. The zero-order valence-electron chi connectivity index (χ0n) is 11.3. The zero-order valence-corrected chi connectivity index (χ0v) is 11.3. The van der Waals surface area contributed by atoms with Crippen molar-refractivity contribution >= 4 is 0 Å². The second-order valence-corrected chi connectivity index (χ2v) is 4.82. The van der Waals surface area contributed by atoms with E-state index in [1.54, 1.807) is 0 Å². The Bertz CT molecular complexity index is 350. The van der Waals surface area contributed by atoms with Crippen LogP contribution < -0.4 is 10.1 Å². The molecule has 0 aliphatic carbocycles. The molecule has 0 saturated carbocycles. The van der Waals surface area contributed by atoms with Crippen LogP contribution in [0.1, 0.15) is 25.3 Å². The van der Waals surface area contributed by atoms with Crippen molar-refractivity contribution in [1.29, 1.82) is 0 Å². The molecular weight excluding hydrogens is 226 g/mol. The van der Waals surface area contributed by atoms with Gasteiger partial charge in [-0.05, 0) is 44.0 Å². The molecule has 0 radical (unpaired) electrons. The Morgan fingerprint density at radius 1 is 1.22 bits per heavy atom. The van der Waals surface area contributed by atoms with E-state index in [0.717, 1.165) is 31.6 Å². The summed E-state index contributed by atoms with van der Waals surface area (Å²) in [5, 5.41) is 3.15. The minimum Gasteiger partial charge on any atom is -0.491 e. The summed E-state index contributed by atoms with van der Waals surface area (Å²) >= 11 is 0. The first-order valence-electron chi connectivity index (χ1n) is 6.83. The Hall–Kier alpha value is -1.06. The number of nitrogens with one attached hydrogen (secondary N) is 1. The molecule has 2 rings (SSSR count). The fourth-order valence-corrected chi connectivity index (χ4v) is 2.29. The van der Waals surface area contributed by atoms with Crippen LogP contribution in [-0.2, 0) is 11.2 Å². The Kier molecular flexibility index (Phi) is 5.02. The van der Waals surface area contributed by atoms with Crippen molar-refractivity contribution in [1.82, 2.24) is 5.32 Å². The van der Waals surface area contributed by atoms with Crippen LogP contribution >= 0.6 is 0 Å². The Labute approximate surface area is 109 Å². The van der Waals surface area contributed by atoms with Crippen LogP contribution in [0.5, 0.6) is 5.75 Å². The first-order chi connectivity index (χ1) is 8.81. The predicted molar refractivity (Wildman–Crippen MR) is 73.1 cm³/mol. The third-order valence-electron chi connectivity index (χ3n) is 3.39. The van der Waals surface area contributed by atoms with Gasteiger partial charge in [-0.3, -0.25) is 0 Å². The fraction of sp³-hybridized carbons (Fsp3) is 0.600. The normalized spacial score (nSPS) is 23.2. The molecule has 0 amide bonds. The molecule has 2 atom stereocenters. The Morgan fingerprint density at radius 2 is 1.94 bits per heavy atom. The molecule has 3 heteroatoms. The summed E-state index contributed by atoms with van der Waals surface area (Å²) in [5.41, 5.74) is 1.34. The summed E-state index contributed by atoms with van der Waals surface area (Å²) in [6.45, 7) is 3.75. The van der Waals surface area contributed by atoms with Gasteiger partial charge < -0.3 is 14.8 Å². The lowest BCUT2D eigenvalue weighted by molar-refractivity contribution is 0.0193. The van der Waals surface area contributed by atoms with E-state index in [4.69, 9.17) is 9.47 Å². The van der Waals surface area contributed by atoms with Crippen molar-refractivity contribution < 1.29 is 9.47 Å². The lowest BCUT2D eigenvalue weighted by Gasteiger charge is -2.14. The highest BCUT2D eigenvalue weighted by Crippen LogP contribution is 2.21. The summed E-state index contributed by atoms with van der Waals surface area (Å²) in [4.78, 5) is 0. The van der Waals surface area contributed by atoms with Crippen LogP contribution in [-0.4, -0.2) is 32.4 Å². The lowest BCUT2D eigenvalue weighted by atomic mass is 10.2. The van der Waals surface area contributed by atoms with E-state index < -0.39 is 0 Å². The smallest absolute Gasteiger partial charge is 0.119 e. The third-order valence-corrected chi connectivity index (χ3v) is 3.39. The molecule has 100 valence electrons. The molecule has 1 aliphatic rings. The highest BCUT2D eigenvalue weighted by Gasteiger charge is 2.24. The summed E-state index contributed by atoms with van der Waals surface area (Å²) in [5.74, 6) is 0.938. The van der Waals surface area contributed by atoms with Gasteiger partial charge >= 0.3 is 0 Å². The van der Waals surface area contributed by atoms with E-state index in [-0.39, 0.29) is 6.10 Å². The number of hydrogen-bond donors (Lipinski definition) is 1. The summed E-state index contributed by atoms with van der Waals surface area (Å²) in [7, 11) is 1.96. The molecule has 0 aromatic heterocycles. The van der Waals surface area contributed by atoms with Gasteiger partial charge in [0.25, 0.3) is 0 Å². The molecule has 1 fully saturated rings. The van der Waals surface area contributed by atoms with Gasteiger partial charge in [0.05, 0.1) is 12.2 Å². The molecule has 1 aromatic carbocycles. The maximum atomic E-state index is 5.88. The molecular formula is C15H23NO2. The van der Waals surface area contributed by atoms with Crippen molar-refractivity contribution in [3.63, 3.8) is 0 Å². The van der Waals surface area contributed by atoms with Crippen LogP contribution in [0, 0.1) is 0 Å². The topological polar surface area (TPSA) is 30.5 Å². The molecule has 0 bridgehead atoms. The third kappa shape index (κ3) is 3.72. The van der Waals surface area contributed by atoms with Crippen molar-refractivity contribution in [2.45, 2.75) is 38.4 Å². The van der Waals surface area contributed by atoms with E-state index in [2.05, 4.69) is 24.4 Å². The van der Waals surface area contributed by atoms with Crippen molar-refractivity contribution in [3.8, 4) is 5.75 Å². The monoisotopic (exact) mass is 249 g/mol. The number of likely N-dealkylation sites (N-methyl/N-ethyl adjacent to an activating group) is 1. The molecule has 1 aliphatic heterocycles. The van der Waals surface area contributed by atoms with Gasteiger partial charge in [-0.25, -0.2) is 0 Å². The van der Waals surface area contributed by atoms with Gasteiger partial charge in [-0.15, -0.1) is 0 Å². The van der Waals surface area contributed by atoms with E-state index in [1.165, 1.54) is 5.56 Å². The summed E-state index contributed by atoms with van der Waals surface area (Å²) in [6.07, 6.45) is 3.89. The molecule has 3 nitrogen and oxygen atoms in total. The first kappa shape index (κ1) is 13.4.